The molecule has 0 spiro atoms. The van der Waals surface area contributed by atoms with E-state index >= 15 is 0 Å². The molecule has 2 aromatic rings. The topological polar surface area (TPSA) is 52.1 Å². The van der Waals surface area contributed by atoms with Crippen LogP contribution in [0.15, 0.2) is 36.7 Å². The third-order valence-electron chi connectivity index (χ3n) is 2.23. The highest BCUT2D eigenvalue weighted by molar-refractivity contribution is 5.73. The van der Waals surface area contributed by atoms with Crippen molar-refractivity contribution in [1.29, 1.82) is 0 Å². The zero-order chi connectivity index (χ0) is 12.1. The molecule has 0 amide bonds. The molecule has 0 aliphatic carbocycles. The average Bonchev–Trinajstić information content (AvgIpc) is 2.40. The molecule has 0 bridgehead atoms. The summed E-state index contributed by atoms with van der Waals surface area (Å²) in [7, 11) is 0. The molecule has 4 heteroatoms. The highest BCUT2D eigenvalue weighted by Crippen LogP contribution is 2.18. The van der Waals surface area contributed by atoms with Gasteiger partial charge in [0.1, 0.15) is 5.75 Å². The normalized spacial score (nSPS) is 9.94. The first-order chi connectivity index (χ1) is 8.33. The molecule has 0 atom stereocenters. The zero-order valence-electron chi connectivity index (χ0n) is 9.46. The van der Waals surface area contributed by atoms with Crippen molar-refractivity contribution in [3.63, 3.8) is 0 Å². The van der Waals surface area contributed by atoms with Crippen LogP contribution in [0.1, 0.15) is 17.3 Å². The van der Waals surface area contributed by atoms with Crippen molar-refractivity contribution < 1.29 is 9.53 Å². The molecule has 1 aromatic heterocycles. The number of carbonyl (C=O) groups is 1. The fourth-order valence-electron chi connectivity index (χ4n) is 1.41. The third-order valence-corrected chi connectivity index (χ3v) is 2.23. The predicted molar refractivity (Wildman–Crippen MR) is 64.0 cm³/mol. The molecule has 0 N–H and O–H groups in total. The molecule has 2 rings (SSSR count). The number of nitrogens with zero attached hydrogens (tertiary/aromatic N) is 2. The Labute approximate surface area is 99.3 Å². The van der Waals surface area contributed by atoms with E-state index in [1.54, 1.807) is 0 Å². The summed E-state index contributed by atoms with van der Waals surface area (Å²) in [6.45, 7) is 2.58. The van der Waals surface area contributed by atoms with Gasteiger partial charge in [-0.2, -0.15) is 0 Å². The highest BCUT2D eigenvalue weighted by atomic mass is 16.5. The monoisotopic (exact) mass is 228 g/mol. The fraction of sp³-hybridized carbons (Fsp3) is 0.154. The Morgan fingerprint density at radius 2 is 1.82 bits per heavy atom. The maximum Gasteiger partial charge on any atom is 0.159 e. The van der Waals surface area contributed by atoms with Gasteiger partial charge in [0.15, 0.2) is 12.1 Å². The quantitative estimate of drug-likeness (QED) is 0.754. The summed E-state index contributed by atoms with van der Waals surface area (Å²) in [6.07, 6.45) is 3.74. The molecule has 0 unspecified atom stereocenters. The molecular weight excluding hydrogens is 216 g/mol. The summed E-state index contributed by atoms with van der Waals surface area (Å²) in [5.74, 6) is 1.42. The lowest BCUT2D eigenvalue weighted by Gasteiger charge is -2.04. The molecule has 1 aromatic carbocycles. The Balaban J connectivity index is 2.23. The lowest BCUT2D eigenvalue weighted by Crippen LogP contribution is -1.93. The van der Waals surface area contributed by atoms with Crippen LogP contribution in [0, 0.1) is 0 Å². The zero-order valence-corrected chi connectivity index (χ0v) is 9.46. The van der Waals surface area contributed by atoms with Gasteiger partial charge in [0.25, 0.3) is 0 Å². The van der Waals surface area contributed by atoms with Crippen LogP contribution in [0.2, 0.25) is 0 Å². The van der Waals surface area contributed by atoms with Gasteiger partial charge in [-0.15, -0.1) is 0 Å². The summed E-state index contributed by atoms with van der Waals surface area (Å²) in [6, 6.07) is 7.52. The molecule has 0 saturated carbocycles. The van der Waals surface area contributed by atoms with E-state index < -0.39 is 0 Å². The number of carbonyl (C=O) groups excluding carboxylic acids is 1. The molecule has 0 aliphatic rings. The summed E-state index contributed by atoms with van der Waals surface area (Å²) >= 11 is 0. The van der Waals surface area contributed by atoms with Gasteiger partial charge in [0.2, 0.25) is 0 Å². The number of hydrogen-bond donors (Lipinski definition) is 0. The SMILES string of the molecule is CCOc1ccc(-c2ncc(C=O)cn2)cc1. The van der Waals surface area contributed by atoms with E-state index in [4.69, 9.17) is 4.74 Å². The molecular formula is C13H12N2O2. The van der Waals surface area contributed by atoms with Gasteiger partial charge in [-0.3, -0.25) is 4.79 Å². The number of ether oxygens (including phenoxy) is 1. The summed E-state index contributed by atoms with van der Waals surface area (Å²) in [5.41, 5.74) is 1.37. The van der Waals surface area contributed by atoms with Crippen molar-refractivity contribution in [2.75, 3.05) is 6.61 Å². The molecule has 0 fully saturated rings. The van der Waals surface area contributed by atoms with E-state index in [0.717, 1.165) is 17.6 Å². The Kier molecular flexibility index (Phi) is 3.45. The van der Waals surface area contributed by atoms with Crippen LogP contribution in [-0.4, -0.2) is 22.9 Å². The first-order valence-corrected chi connectivity index (χ1v) is 5.34. The number of aromatic nitrogens is 2. The minimum Gasteiger partial charge on any atom is -0.494 e. The van der Waals surface area contributed by atoms with Gasteiger partial charge in [-0.25, -0.2) is 9.97 Å². The molecule has 0 saturated heterocycles. The van der Waals surface area contributed by atoms with Crippen molar-refractivity contribution in [3.05, 3.63) is 42.2 Å². The molecule has 4 nitrogen and oxygen atoms in total. The standard InChI is InChI=1S/C13H12N2O2/c1-2-17-12-5-3-11(4-6-12)13-14-7-10(9-16)8-15-13/h3-9H,2H2,1H3. The van der Waals surface area contributed by atoms with Crippen LogP contribution < -0.4 is 4.74 Å². The van der Waals surface area contributed by atoms with Crippen molar-refractivity contribution >= 4 is 6.29 Å². The maximum atomic E-state index is 10.5. The minimum absolute atomic E-state index is 0.472. The van der Waals surface area contributed by atoms with Gasteiger partial charge in [-0.1, -0.05) is 0 Å². The third kappa shape index (κ3) is 2.66. The van der Waals surface area contributed by atoms with E-state index in [1.807, 2.05) is 31.2 Å². The number of aldehydes is 1. The Morgan fingerprint density at radius 1 is 1.18 bits per heavy atom. The van der Waals surface area contributed by atoms with Crippen molar-refractivity contribution in [2.24, 2.45) is 0 Å². The molecule has 0 radical (unpaired) electrons. The molecule has 0 aliphatic heterocycles. The van der Waals surface area contributed by atoms with Gasteiger partial charge < -0.3 is 4.74 Å². The summed E-state index contributed by atoms with van der Waals surface area (Å²) < 4.78 is 5.35. The lowest BCUT2D eigenvalue weighted by molar-refractivity contribution is 0.112. The van der Waals surface area contributed by atoms with Crippen LogP contribution in [0.25, 0.3) is 11.4 Å². The van der Waals surface area contributed by atoms with E-state index in [2.05, 4.69) is 9.97 Å². The van der Waals surface area contributed by atoms with E-state index in [9.17, 15) is 4.79 Å². The maximum absolute atomic E-state index is 10.5. The second-order valence-corrected chi connectivity index (χ2v) is 3.42. The average molecular weight is 228 g/mol. The van der Waals surface area contributed by atoms with Gasteiger partial charge in [0.05, 0.1) is 12.2 Å². The number of benzene rings is 1. The Hall–Kier alpha value is -2.23. The van der Waals surface area contributed by atoms with Crippen molar-refractivity contribution in [2.45, 2.75) is 6.92 Å². The Bertz CT molecular complexity index is 492. The number of rotatable bonds is 4. The second-order valence-electron chi connectivity index (χ2n) is 3.42. The minimum atomic E-state index is 0.472. The van der Waals surface area contributed by atoms with Gasteiger partial charge in [0, 0.05) is 18.0 Å². The lowest BCUT2D eigenvalue weighted by atomic mass is 10.2. The van der Waals surface area contributed by atoms with Crippen LogP contribution in [0.3, 0.4) is 0 Å². The van der Waals surface area contributed by atoms with Crippen LogP contribution in [-0.2, 0) is 0 Å². The van der Waals surface area contributed by atoms with E-state index in [0.29, 0.717) is 18.0 Å². The van der Waals surface area contributed by atoms with Crippen molar-refractivity contribution in [3.8, 4) is 17.1 Å². The first kappa shape index (κ1) is 11.3. The largest absolute Gasteiger partial charge is 0.494 e. The molecule has 86 valence electrons. The van der Waals surface area contributed by atoms with Crippen LogP contribution >= 0.6 is 0 Å². The van der Waals surface area contributed by atoms with E-state index in [1.165, 1.54) is 12.4 Å². The fourth-order valence-corrected chi connectivity index (χ4v) is 1.41. The predicted octanol–water partition coefficient (Wildman–Crippen LogP) is 2.35. The number of hydrogen-bond acceptors (Lipinski definition) is 4. The van der Waals surface area contributed by atoms with Gasteiger partial charge in [-0.05, 0) is 31.2 Å². The van der Waals surface area contributed by atoms with Crippen LogP contribution in [0.4, 0.5) is 0 Å². The van der Waals surface area contributed by atoms with Gasteiger partial charge >= 0.3 is 0 Å². The van der Waals surface area contributed by atoms with Crippen LogP contribution in [0.5, 0.6) is 5.75 Å². The van der Waals surface area contributed by atoms with E-state index in [-0.39, 0.29) is 0 Å². The first-order valence-electron chi connectivity index (χ1n) is 5.34. The van der Waals surface area contributed by atoms with Crippen molar-refractivity contribution in [1.82, 2.24) is 9.97 Å². The molecule has 1 heterocycles. The molecule has 17 heavy (non-hydrogen) atoms. The summed E-state index contributed by atoms with van der Waals surface area (Å²) in [5, 5.41) is 0. The smallest absolute Gasteiger partial charge is 0.159 e. The summed E-state index contributed by atoms with van der Waals surface area (Å²) in [4.78, 5) is 18.7. The Morgan fingerprint density at radius 3 is 2.35 bits per heavy atom. The highest BCUT2D eigenvalue weighted by Gasteiger charge is 2.01. The second kappa shape index (κ2) is 5.21.